The third-order valence-corrected chi connectivity index (χ3v) is 4.35. The molecule has 1 heterocycles. The second-order valence-corrected chi connectivity index (χ2v) is 6.43. The summed E-state index contributed by atoms with van der Waals surface area (Å²) in [6.45, 7) is 1.66. The highest BCUT2D eigenvalue weighted by Crippen LogP contribution is 2.33. The smallest absolute Gasteiger partial charge is 0.273 e. The van der Waals surface area contributed by atoms with Gasteiger partial charge >= 0.3 is 0 Å². The minimum absolute atomic E-state index is 0.111. The molecule has 29 heavy (non-hydrogen) atoms. The summed E-state index contributed by atoms with van der Waals surface area (Å²) in [6, 6.07) is 23.9. The summed E-state index contributed by atoms with van der Waals surface area (Å²) in [5.41, 5.74) is 2.20. The molecule has 1 aromatic heterocycles. The van der Waals surface area contributed by atoms with Gasteiger partial charge in [-0.1, -0.05) is 65.8 Å². The Morgan fingerprint density at radius 3 is 2.10 bits per heavy atom. The topological polar surface area (TPSA) is 91.3 Å². The van der Waals surface area contributed by atoms with Gasteiger partial charge in [-0.15, -0.1) is 0 Å². The molecule has 144 valence electrons. The fraction of sp³-hybridized carbons (Fsp3) is 0.0909. The Bertz CT molecular complexity index is 1090. The molecule has 0 saturated heterocycles. The van der Waals surface area contributed by atoms with Crippen molar-refractivity contribution in [2.45, 2.75) is 13.0 Å². The van der Waals surface area contributed by atoms with Crippen molar-refractivity contribution in [3.63, 3.8) is 0 Å². The van der Waals surface area contributed by atoms with Crippen LogP contribution in [0.4, 0.5) is 5.69 Å². The molecule has 0 radical (unpaired) electrons. The number of nitrogens with zero attached hydrogens (tertiary/aromatic N) is 3. The molecule has 4 aromatic rings. The van der Waals surface area contributed by atoms with Gasteiger partial charge in [0.2, 0.25) is 11.7 Å². The number of hydrogen-bond donors (Lipinski definition) is 0. The first-order valence-corrected chi connectivity index (χ1v) is 8.97. The van der Waals surface area contributed by atoms with Crippen LogP contribution in [0.3, 0.4) is 0 Å². The maximum absolute atomic E-state index is 11.5. The zero-order valence-corrected chi connectivity index (χ0v) is 15.6. The number of benzene rings is 3. The van der Waals surface area contributed by atoms with Crippen LogP contribution in [0.1, 0.15) is 23.1 Å². The van der Waals surface area contributed by atoms with Crippen LogP contribution in [-0.2, 0) is 0 Å². The van der Waals surface area contributed by atoms with E-state index in [2.05, 4.69) is 10.1 Å². The fourth-order valence-corrected chi connectivity index (χ4v) is 3.02. The number of aromatic nitrogens is 2. The Hall–Kier alpha value is -4.00. The molecule has 4 rings (SSSR count). The number of rotatable bonds is 6. The van der Waals surface area contributed by atoms with Crippen LogP contribution in [0.15, 0.2) is 83.4 Å². The summed E-state index contributed by atoms with van der Waals surface area (Å²) in [5.74, 6) is 0.988. The number of non-ortho nitro benzene ring substituents is 1. The first kappa shape index (κ1) is 18.4. The van der Waals surface area contributed by atoms with Crippen molar-refractivity contribution in [3.8, 4) is 17.1 Å². The predicted octanol–water partition coefficient (Wildman–Crippen LogP) is 5.12. The summed E-state index contributed by atoms with van der Waals surface area (Å²) in [4.78, 5) is 15.1. The van der Waals surface area contributed by atoms with Crippen LogP contribution in [0.2, 0.25) is 0 Å². The average molecular weight is 387 g/mol. The maximum atomic E-state index is 11.5. The summed E-state index contributed by atoms with van der Waals surface area (Å²) in [7, 11) is 0. The Morgan fingerprint density at radius 1 is 0.966 bits per heavy atom. The lowest BCUT2D eigenvalue weighted by molar-refractivity contribution is -0.384. The van der Waals surface area contributed by atoms with Gasteiger partial charge in [0.15, 0.2) is 0 Å². The number of ether oxygens (including phenoxy) is 1. The molecule has 0 amide bonds. The van der Waals surface area contributed by atoms with Gasteiger partial charge in [0.05, 0.1) is 11.0 Å². The standard InChI is InChI=1S/C22H17N3O4/c1-15-23-22(24-29-15)18-12-19(25(26)27)14-20(13-18)28-21(16-8-4-2-5-9-16)17-10-6-3-7-11-17/h2-14,21H,1H3. The van der Waals surface area contributed by atoms with Gasteiger partial charge < -0.3 is 9.26 Å². The molecular formula is C22H17N3O4. The monoisotopic (exact) mass is 387 g/mol. The van der Waals surface area contributed by atoms with E-state index in [0.717, 1.165) is 11.1 Å². The van der Waals surface area contributed by atoms with E-state index < -0.39 is 11.0 Å². The second kappa shape index (κ2) is 7.93. The van der Waals surface area contributed by atoms with Gasteiger partial charge in [0, 0.05) is 18.6 Å². The number of nitro groups is 1. The molecule has 0 aliphatic heterocycles. The predicted molar refractivity (Wildman–Crippen MR) is 106 cm³/mol. The quantitative estimate of drug-likeness (QED) is 0.337. The lowest BCUT2D eigenvalue weighted by atomic mass is 10.0. The highest BCUT2D eigenvalue weighted by Gasteiger charge is 2.20. The summed E-state index contributed by atoms with van der Waals surface area (Å²) < 4.78 is 11.3. The Balaban J connectivity index is 1.77. The lowest BCUT2D eigenvalue weighted by Crippen LogP contribution is -2.09. The minimum Gasteiger partial charge on any atom is -0.481 e. The van der Waals surface area contributed by atoms with Gasteiger partial charge in [-0.3, -0.25) is 10.1 Å². The van der Waals surface area contributed by atoms with Gasteiger partial charge in [0.1, 0.15) is 11.9 Å². The lowest BCUT2D eigenvalue weighted by Gasteiger charge is -2.20. The zero-order valence-electron chi connectivity index (χ0n) is 15.6. The van der Waals surface area contributed by atoms with E-state index in [0.29, 0.717) is 17.2 Å². The summed E-state index contributed by atoms with van der Waals surface area (Å²) in [6.07, 6.45) is -0.431. The first-order chi connectivity index (χ1) is 14.1. The van der Waals surface area contributed by atoms with Crippen LogP contribution in [0.5, 0.6) is 5.75 Å². The van der Waals surface area contributed by atoms with Crippen molar-refractivity contribution in [2.24, 2.45) is 0 Å². The van der Waals surface area contributed by atoms with Crippen LogP contribution < -0.4 is 4.74 Å². The van der Waals surface area contributed by atoms with Crippen molar-refractivity contribution < 1.29 is 14.2 Å². The Labute approximate surface area is 166 Å². The molecule has 0 aliphatic carbocycles. The van der Waals surface area contributed by atoms with Crippen molar-refractivity contribution in [1.82, 2.24) is 10.1 Å². The normalized spacial score (nSPS) is 10.8. The highest BCUT2D eigenvalue weighted by atomic mass is 16.6. The van der Waals surface area contributed by atoms with E-state index in [-0.39, 0.29) is 11.5 Å². The second-order valence-electron chi connectivity index (χ2n) is 6.43. The van der Waals surface area contributed by atoms with Crippen LogP contribution in [0.25, 0.3) is 11.4 Å². The molecule has 0 atom stereocenters. The van der Waals surface area contributed by atoms with Gasteiger partial charge in [-0.25, -0.2) is 0 Å². The molecule has 7 nitrogen and oxygen atoms in total. The van der Waals surface area contributed by atoms with Gasteiger partial charge in [-0.2, -0.15) is 4.98 Å². The summed E-state index contributed by atoms with van der Waals surface area (Å²) >= 11 is 0. The average Bonchev–Trinajstić information content (AvgIpc) is 3.19. The summed E-state index contributed by atoms with van der Waals surface area (Å²) in [5, 5.41) is 15.3. The van der Waals surface area contributed by atoms with E-state index >= 15 is 0 Å². The molecule has 0 saturated carbocycles. The largest absolute Gasteiger partial charge is 0.481 e. The zero-order chi connectivity index (χ0) is 20.2. The molecule has 0 N–H and O–H groups in total. The maximum Gasteiger partial charge on any atom is 0.273 e. The first-order valence-electron chi connectivity index (χ1n) is 8.97. The van der Waals surface area contributed by atoms with E-state index in [1.54, 1.807) is 13.0 Å². The minimum atomic E-state index is -0.469. The van der Waals surface area contributed by atoms with Crippen molar-refractivity contribution in [3.05, 3.63) is 106 Å². The van der Waals surface area contributed by atoms with Crippen molar-refractivity contribution in [2.75, 3.05) is 0 Å². The Morgan fingerprint density at radius 2 is 1.59 bits per heavy atom. The van der Waals surface area contributed by atoms with Crippen molar-refractivity contribution in [1.29, 1.82) is 0 Å². The number of hydrogen-bond acceptors (Lipinski definition) is 6. The molecule has 0 unspecified atom stereocenters. The molecule has 0 spiro atoms. The molecule has 7 heteroatoms. The molecule has 3 aromatic carbocycles. The third-order valence-electron chi connectivity index (χ3n) is 4.35. The molecular weight excluding hydrogens is 370 g/mol. The Kier molecular flexibility index (Phi) is 5.03. The van der Waals surface area contributed by atoms with Crippen LogP contribution >= 0.6 is 0 Å². The van der Waals surface area contributed by atoms with Crippen molar-refractivity contribution >= 4 is 5.69 Å². The molecule has 0 fully saturated rings. The van der Waals surface area contributed by atoms with E-state index in [4.69, 9.17) is 9.26 Å². The third kappa shape index (κ3) is 4.14. The molecule has 0 bridgehead atoms. The van der Waals surface area contributed by atoms with Crippen LogP contribution in [0, 0.1) is 17.0 Å². The van der Waals surface area contributed by atoms with Gasteiger partial charge in [0.25, 0.3) is 5.69 Å². The number of aryl methyl sites for hydroxylation is 1. The molecule has 0 aliphatic rings. The van der Waals surface area contributed by atoms with Gasteiger partial charge in [-0.05, 0) is 17.2 Å². The van der Waals surface area contributed by atoms with E-state index in [1.807, 2.05) is 60.7 Å². The number of nitro benzene ring substituents is 1. The van der Waals surface area contributed by atoms with E-state index in [9.17, 15) is 10.1 Å². The van der Waals surface area contributed by atoms with E-state index in [1.165, 1.54) is 12.1 Å². The van der Waals surface area contributed by atoms with Crippen LogP contribution in [-0.4, -0.2) is 15.1 Å². The highest BCUT2D eigenvalue weighted by molar-refractivity contribution is 5.62. The SMILES string of the molecule is Cc1nc(-c2cc(OC(c3ccccc3)c3ccccc3)cc([N+](=O)[O-])c2)no1. The fourth-order valence-electron chi connectivity index (χ4n) is 3.02.